The average molecular weight is 333 g/mol. The van der Waals surface area contributed by atoms with Crippen LogP contribution in [0.4, 0.5) is 0 Å². The molecule has 0 saturated carbocycles. The summed E-state index contributed by atoms with van der Waals surface area (Å²) < 4.78 is 22.1. The summed E-state index contributed by atoms with van der Waals surface area (Å²) in [4.78, 5) is 48.0. The van der Waals surface area contributed by atoms with Gasteiger partial charge in [0.1, 0.15) is 0 Å². The van der Waals surface area contributed by atoms with Gasteiger partial charge in [-0.1, -0.05) is 6.42 Å². The van der Waals surface area contributed by atoms with Crippen molar-refractivity contribution in [3.63, 3.8) is 0 Å². The first kappa shape index (κ1) is 19.7. The van der Waals surface area contributed by atoms with Gasteiger partial charge in [-0.3, -0.25) is 13.9 Å². The lowest BCUT2D eigenvalue weighted by molar-refractivity contribution is -0.127. The van der Waals surface area contributed by atoms with Crippen LogP contribution in [-0.4, -0.2) is 54.2 Å². The third kappa shape index (κ3) is 5.26. The van der Waals surface area contributed by atoms with E-state index in [1.54, 1.807) is 7.05 Å². The quantitative estimate of drug-likeness (QED) is 0.307. The Labute approximate surface area is 116 Å². The Morgan fingerprint density at radius 2 is 1.50 bits per heavy atom. The largest absolute Gasteiger partial charge is 0.369 e. The zero-order chi connectivity index (χ0) is 16.2. The summed E-state index contributed by atoms with van der Waals surface area (Å²) in [6.45, 7) is 1.81. The van der Waals surface area contributed by atoms with E-state index in [0.29, 0.717) is 19.4 Å². The van der Waals surface area contributed by atoms with Crippen LogP contribution >= 0.6 is 15.2 Å². The topological polar surface area (TPSA) is 156 Å². The van der Waals surface area contributed by atoms with Gasteiger partial charge in [0.2, 0.25) is 5.91 Å². The smallest absolute Gasteiger partial charge is 0.368 e. The van der Waals surface area contributed by atoms with E-state index >= 15 is 0 Å². The first-order chi connectivity index (χ1) is 8.83. The predicted molar refractivity (Wildman–Crippen MR) is 70.8 cm³/mol. The van der Waals surface area contributed by atoms with Gasteiger partial charge in [-0.2, -0.15) is 0 Å². The maximum absolute atomic E-state index is 11.1. The van der Waals surface area contributed by atoms with Crippen LogP contribution in [-0.2, 0) is 13.9 Å². The van der Waals surface area contributed by atoms with Gasteiger partial charge in [0.05, 0.1) is 0 Å². The Hall–Kier alpha value is -0.270. The van der Waals surface area contributed by atoms with E-state index in [1.807, 2.05) is 0 Å². The standard InChI is InChI=1S/C9H21NO8P2/c1-8(11)10(2)7-5-3-4-6-9(12,19(13,14)15)20(16,17)18/h12H,3-7H2,1-2H3,(H2,13,14,15)(H2,16,17,18). The van der Waals surface area contributed by atoms with Gasteiger partial charge in [0.25, 0.3) is 5.08 Å². The highest BCUT2D eigenvalue weighted by atomic mass is 31.2. The second-order valence-corrected chi connectivity index (χ2v) is 8.62. The number of hydrogen-bond donors (Lipinski definition) is 5. The van der Waals surface area contributed by atoms with E-state index in [0.717, 1.165) is 0 Å². The molecule has 0 aromatic carbocycles. The zero-order valence-electron chi connectivity index (χ0n) is 11.3. The van der Waals surface area contributed by atoms with E-state index in [9.17, 15) is 19.0 Å². The molecule has 0 aromatic heterocycles. The summed E-state index contributed by atoms with van der Waals surface area (Å²) >= 11 is 0. The Balaban J connectivity index is 4.44. The van der Waals surface area contributed by atoms with Gasteiger partial charge in [-0.25, -0.2) is 0 Å². The van der Waals surface area contributed by atoms with Gasteiger partial charge < -0.3 is 29.6 Å². The number of hydrogen-bond acceptors (Lipinski definition) is 4. The van der Waals surface area contributed by atoms with Crippen LogP contribution in [0, 0.1) is 0 Å². The van der Waals surface area contributed by atoms with E-state index in [4.69, 9.17) is 19.6 Å². The molecule has 0 bridgehead atoms. The summed E-state index contributed by atoms with van der Waals surface area (Å²) in [7, 11) is -9.14. The van der Waals surface area contributed by atoms with Crippen molar-refractivity contribution in [2.24, 2.45) is 0 Å². The van der Waals surface area contributed by atoms with Gasteiger partial charge in [-0.05, 0) is 19.3 Å². The Kier molecular flexibility index (Phi) is 7.04. The summed E-state index contributed by atoms with van der Waals surface area (Å²) in [6.07, 6.45) is 0.151. The fraction of sp³-hybridized carbons (Fsp3) is 0.889. The van der Waals surface area contributed by atoms with E-state index in [-0.39, 0.29) is 12.3 Å². The second-order valence-electron chi connectivity index (χ2n) is 4.61. The molecule has 5 N–H and O–H groups in total. The number of carbonyl (C=O) groups excluding carboxylic acids is 1. The molecule has 0 fully saturated rings. The predicted octanol–water partition coefficient (Wildman–Crippen LogP) is 0.0266. The summed E-state index contributed by atoms with van der Waals surface area (Å²) in [6, 6.07) is 0. The van der Waals surface area contributed by atoms with Crippen LogP contribution in [0.5, 0.6) is 0 Å². The van der Waals surface area contributed by atoms with Crippen molar-refractivity contribution in [1.82, 2.24) is 4.90 Å². The summed E-state index contributed by atoms with van der Waals surface area (Å²) in [5.74, 6) is -0.132. The molecule has 0 rings (SSSR count). The number of unbranched alkanes of at least 4 members (excludes halogenated alkanes) is 2. The summed E-state index contributed by atoms with van der Waals surface area (Å²) in [5, 5.41) is 6.25. The molecule has 0 heterocycles. The van der Waals surface area contributed by atoms with E-state index in [1.165, 1.54) is 11.8 Å². The van der Waals surface area contributed by atoms with E-state index in [2.05, 4.69) is 0 Å². The van der Waals surface area contributed by atoms with Crippen LogP contribution in [0.25, 0.3) is 0 Å². The summed E-state index contributed by atoms with van der Waals surface area (Å²) in [5.41, 5.74) is 0. The first-order valence-corrected chi connectivity index (χ1v) is 9.11. The molecule has 0 aliphatic heterocycles. The molecule has 0 aromatic rings. The molecular formula is C9H21NO8P2. The Bertz CT molecular complexity index is 406. The molecule has 0 aliphatic rings. The van der Waals surface area contributed by atoms with Crippen molar-refractivity contribution in [1.29, 1.82) is 0 Å². The van der Waals surface area contributed by atoms with Gasteiger partial charge in [0, 0.05) is 20.5 Å². The maximum Gasteiger partial charge on any atom is 0.369 e. The highest BCUT2D eigenvalue weighted by Crippen LogP contribution is 2.69. The normalized spacial score (nSPS) is 13.3. The third-order valence-corrected chi connectivity index (χ3v) is 6.85. The Morgan fingerprint density at radius 3 is 1.85 bits per heavy atom. The fourth-order valence-corrected chi connectivity index (χ4v) is 3.76. The minimum absolute atomic E-state index is 0.0124. The molecule has 0 saturated heterocycles. The molecule has 0 spiro atoms. The van der Waals surface area contributed by atoms with Gasteiger partial charge in [-0.15, -0.1) is 0 Å². The monoisotopic (exact) mass is 333 g/mol. The molecule has 0 unspecified atom stereocenters. The number of rotatable bonds is 8. The van der Waals surface area contributed by atoms with Crippen LogP contribution < -0.4 is 0 Å². The van der Waals surface area contributed by atoms with E-state index < -0.39 is 26.7 Å². The van der Waals surface area contributed by atoms with Gasteiger partial charge in [0.15, 0.2) is 0 Å². The maximum atomic E-state index is 11.1. The molecule has 11 heteroatoms. The minimum Gasteiger partial charge on any atom is -0.368 e. The van der Waals surface area contributed by atoms with Crippen LogP contribution in [0.2, 0.25) is 0 Å². The number of nitrogens with zero attached hydrogens (tertiary/aromatic N) is 1. The molecule has 0 atom stereocenters. The molecule has 0 radical (unpaired) electrons. The van der Waals surface area contributed by atoms with Crippen molar-refractivity contribution in [3.05, 3.63) is 0 Å². The number of aliphatic hydroxyl groups is 1. The lowest BCUT2D eigenvalue weighted by atomic mass is 10.2. The van der Waals surface area contributed by atoms with Crippen LogP contribution in [0.1, 0.15) is 32.6 Å². The molecular weight excluding hydrogens is 312 g/mol. The fourth-order valence-electron chi connectivity index (χ4n) is 1.51. The van der Waals surface area contributed by atoms with Gasteiger partial charge >= 0.3 is 15.2 Å². The highest BCUT2D eigenvalue weighted by Gasteiger charge is 2.58. The number of amides is 1. The third-order valence-electron chi connectivity index (χ3n) is 2.98. The van der Waals surface area contributed by atoms with Crippen molar-refractivity contribution < 1.29 is 38.6 Å². The van der Waals surface area contributed by atoms with Crippen molar-refractivity contribution in [3.8, 4) is 0 Å². The zero-order valence-corrected chi connectivity index (χ0v) is 13.1. The van der Waals surface area contributed by atoms with Crippen molar-refractivity contribution >= 4 is 21.1 Å². The molecule has 0 aliphatic carbocycles. The molecule has 1 amide bonds. The van der Waals surface area contributed by atoms with Crippen LogP contribution in [0.3, 0.4) is 0 Å². The molecule has 9 nitrogen and oxygen atoms in total. The minimum atomic E-state index is -5.36. The molecule has 20 heavy (non-hydrogen) atoms. The van der Waals surface area contributed by atoms with Crippen molar-refractivity contribution in [2.45, 2.75) is 37.7 Å². The van der Waals surface area contributed by atoms with Crippen molar-refractivity contribution in [2.75, 3.05) is 13.6 Å². The lowest BCUT2D eigenvalue weighted by Gasteiger charge is -2.29. The SMILES string of the molecule is CC(=O)N(C)CCCCCC(O)(P(=O)(O)O)P(=O)(O)O. The highest BCUT2D eigenvalue weighted by molar-refractivity contribution is 7.72. The average Bonchev–Trinajstić information content (AvgIpc) is 2.24. The second kappa shape index (κ2) is 7.13. The lowest BCUT2D eigenvalue weighted by Crippen LogP contribution is -2.28. The van der Waals surface area contributed by atoms with Crippen LogP contribution in [0.15, 0.2) is 0 Å². The first-order valence-electron chi connectivity index (χ1n) is 5.88. The number of carbonyl (C=O) groups is 1. The molecule has 120 valence electrons. The Morgan fingerprint density at radius 1 is 1.05 bits per heavy atom.